The second-order valence-electron chi connectivity index (χ2n) is 7.23. The number of nitrogens with one attached hydrogen (secondary N) is 1. The van der Waals surface area contributed by atoms with Gasteiger partial charge >= 0.3 is 6.18 Å². The first-order chi connectivity index (χ1) is 13.9. The first-order valence-electron chi connectivity index (χ1n) is 9.41. The average Bonchev–Trinajstić information content (AvgIpc) is 3.20. The third-order valence-corrected chi connectivity index (χ3v) is 5.28. The van der Waals surface area contributed by atoms with E-state index in [4.69, 9.17) is 0 Å². The van der Waals surface area contributed by atoms with Crippen molar-refractivity contribution >= 4 is 5.91 Å². The summed E-state index contributed by atoms with van der Waals surface area (Å²) < 4.78 is 38.3. The molecule has 3 aromatic rings. The second kappa shape index (κ2) is 7.73. The zero-order valence-electron chi connectivity index (χ0n) is 15.7. The zero-order valence-corrected chi connectivity index (χ0v) is 15.7. The number of alkyl halides is 3. The van der Waals surface area contributed by atoms with E-state index in [1.165, 1.54) is 17.7 Å². The maximum absolute atomic E-state index is 12.8. The Kier molecular flexibility index (Phi) is 5.13. The molecule has 4 rings (SSSR count). The monoisotopic (exact) mass is 399 g/mol. The van der Waals surface area contributed by atoms with Gasteiger partial charge in [-0.05, 0) is 47.2 Å². The van der Waals surface area contributed by atoms with Crippen LogP contribution in [0.3, 0.4) is 0 Å². The summed E-state index contributed by atoms with van der Waals surface area (Å²) in [6.45, 7) is 1.17. The summed E-state index contributed by atoms with van der Waals surface area (Å²) in [5, 5.41) is 0. The van der Waals surface area contributed by atoms with Crippen LogP contribution in [0.2, 0.25) is 0 Å². The normalized spacial score (nSPS) is 14.0. The number of fused-ring (bicyclic) bond motifs is 1. The summed E-state index contributed by atoms with van der Waals surface area (Å²) in [7, 11) is 0. The van der Waals surface area contributed by atoms with Gasteiger partial charge in [-0.3, -0.25) is 4.79 Å². The quantitative estimate of drug-likeness (QED) is 0.717. The molecule has 7 heteroatoms. The molecule has 0 radical (unpaired) electrons. The summed E-state index contributed by atoms with van der Waals surface area (Å²) in [6, 6.07) is 11.3. The van der Waals surface area contributed by atoms with Crippen molar-refractivity contribution in [3.63, 3.8) is 0 Å². The van der Waals surface area contributed by atoms with Crippen LogP contribution in [0.25, 0.3) is 0 Å². The Morgan fingerprint density at radius 2 is 1.93 bits per heavy atom. The van der Waals surface area contributed by atoms with E-state index in [1.54, 1.807) is 12.5 Å². The smallest absolute Gasteiger partial charge is 0.351 e. The van der Waals surface area contributed by atoms with E-state index in [0.717, 1.165) is 40.9 Å². The van der Waals surface area contributed by atoms with Gasteiger partial charge in [-0.2, -0.15) is 13.2 Å². The average molecular weight is 399 g/mol. The van der Waals surface area contributed by atoms with Gasteiger partial charge in [0.05, 0.1) is 24.0 Å². The van der Waals surface area contributed by atoms with Gasteiger partial charge in [0.25, 0.3) is 0 Å². The topological polar surface area (TPSA) is 49.0 Å². The van der Waals surface area contributed by atoms with Crippen LogP contribution in [-0.4, -0.2) is 27.3 Å². The lowest BCUT2D eigenvalue weighted by Gasteiger charge is -2.30. The van der Waals surface area contributed by atoms with E-state index in [0.29, 0.717) is 19.5 Å². The van der Waals surface area contributed by atoms with E-state index < -0.39 is 11.7 Å². The highest BCUT2D eigenvalue weighted by atomic mass is 19.4. The highest BCUT2D eigenvalue weighted by Gasteiger charge is 2.30. The van der Waals surface area contributed by atoms with E-state index >= 15 is 0 Å². The summed E-state index contributed by atoms with van der Waals surface area (Å²) in [5.74, 6) is 0.0379. The minimum Gasteiger partial charge on any atom is -0.351 e. The van der Waals surface area contributed by atoms with Crippen LogP contribution in [-0.2, 0) is 36.8 Å². The highest BCUT2D eigenvalue weighted by molar-refractivity contribution is 5.78. The molecule has 4 nitrogen and oxygen atoms in total. The molecule has 0 spiro atoms. The zero-order chi connectivity index (χ0) is 20.4. The maximum atomic E-state index is 12.8. The number of imidazole rings is 1. The highest BCUT2D eigenvalue weighted by Crippen LogP contribution is 2.30. The SMILES string of the molecule is O=C(Cc1c[nH]cn1)N1CCc2c(Cc3ccc(C(F)(F)F)cc3)cccc2C1. The van der Waals surface area contributed by atoms with Crippen molar-refractivity contribution in [2.45, 2.75) is 32.0 Å². The third kappa shape index (κ3) is 4.34. The molecule has 0 fully saturated rings. The van der Waals surface area contributed by atoms with Gasteiger partial charge in [0, 0.05) is 19.3 Å². The molecule has 150 valence electrons. The second-order valence-corrected chi connectivity index (χ2v) is 7.23. The molecule has 2 heterocycles. The third-order valence-electron chi connectivity index (χ3n) is 5.28. The van der Waals surface area contributed by atoms with Gasteiger partial charge in [0.15, 0.2) is 0 Å². The molecule has 1 N–H and O–H groups in total. The van der Waals surface area contributed by atoms with Crippen LogP contribution in [0.15, 0.2) is 55.0 Å². The summed E-state index contributed by atoms with van der Waals surface area (Å²) in [5.41, 5.74) is 4.30. The molecule has 0 saturated heterocycles. The lowest BCUT2D eigenvalue weighted by Crippen LogP contribution is -2.37. The fourth-order valence-corrected chi connectivity index (χ4v) is 3.75. The van der Waals surface area contributed by atoms with Crippen LogP contribution in [0.4, 0.5) is 13.2 Å². The number of halogens is 3. The van der Waals surface area contributed by atoms with Gasteiger partial charge in [0.1, 0.15) is 0 Å². The lowest BCUT2D eigenvalue weighted by atomic mass is 9.91. The van der Waals surface area contributed by atoms with Crippen LogP contribution in [0.5, 0.6) is 0 Å². The number of hydrogen-bond acceptors (Lipinski definition) is 2. The number of hydrogen-bond donors (Lipinski definition) is 1. The predicted molar refractivity (Wildman–Crippen MR) is 102 cm³/mol. The number of benzene rings is 2. The van der Waals surface area contributed by atoms with Gasteiger partial charge in [-0.25, -0.2) is 4.98 Å². The van der Waals surface area contributed by atoms with Gasteiger partial charge < -0.3 is 9.88 Å². The molecule has 0 bridgehead atoms. The Balaban J connectivity index is 1.47. The molecule has 1 amide bonds. The lowest BCUT2D eigenvalue weighted by molar-refractivity contribution is -0.137. The van der Waals surface area contributed by atoms with E-state index in [-0.39, 0.29) is 12.3 Å². The maximum Gasteiger partial charge on any atom is 0.416 e. The molecule has 0 saturated carbocycles. The first-order valence-corrected chi connectivity index (χ1v) is 9.41. The number of H-pyrrole nitrogens is 1. The number of rotatable bonds is 4. The number of carbonyl (C=O) groups is 1. The van der Waals surface area contributed by atoms with E-state index in [1.807, 2.05) is 23.1 Å². The molecule has 0 atom stereocenters. The predicted octanol–water partition coefficient (Wildman–Crippen LogP) is 4.15. The Bertz CT molecular complexity index is 995. The molecular weight excluding hydrogens is 379 g/mol. The number of carbonyl (C=O) groups excluding carboxylic acids is 1. The van der Waals surface area contributed by atoms with E-state index in [2.05, 4.69) is 9.97 Å². The van der Waals surface area contributed by atoms with Crippen molar-refractivity contribution < 1.29 is 18.0 Å². The Hall–Kier alpha value is -3.09. The molecule has 1 aliphatic heterocycles. The van der Waals surface area contributed by atoms with Crippen molar-refractivity contribution in [2.24, 2.45) is 0 Å². The molecule has 0 aliphatic carbocycles. The largest absolute Gasteiger partial charge is 0.416 e. The molecule has 0 unspecified atom stereocenters. The standard InChI is InChI=1S/C22H20F3N3O/c23-22(24,25)18-6-4-15(5-7-18)10-16-2-1-3-17-13-28(9-8-20(16)17)21(29)11-19-12-26-14-27-19/h1-7,12,14H,8-11,13H2,(H,26,27). The van der Waals surface area contributed by atoms with Crippen molar-refractivity contribution in [1.82, 2.24) is 14.9 Å². The molecule has 1 aromatic heterocycles. The first kappa shape index (κ1) is 19.2. The van der Waals surface area contributed by atoms with Crippen molar-refractivity contribution in [1.29, 1.82) is 0 Å². The Morgan fingerprint density at radius 1 is 1.14 bits per heavy atom. The minimum absolute atomic E-state index is 0.0379. The van der Waals surface area contributed by atoms with Gasteiger partial charge in [-0.1, -0.05) is 30.3 Å². The summed E-state index contributed by atoms with van der Waals surface area (Å²) >= 11 is 0. The van der Waals surface area contributed by atoms with Gasteiger partial charge in [-0.15, -0.1) is 0 Å². The number of amides is 1. The molecule has 2 aromatic carbocycles. The van der Waals surface area contributed by atoms with Gasteiger partial charge in [0.2, 0.25) is 5.91 Å². The number of aromatic amines is 1. The van der Waals surface area contributed by atoms with Crippen molar-refractivity contribution in [3.8, 4) is 0 Å². The van der Waals surface area contributed by atoms with Crippen LogP contribution >= 0.6 is 0 Å². The number of aromatic nitrogens is 2. The van der Waals surface area contributed by atoms with Crippen molar-refractivity contribution in [3.05, 3.63) is 88.5 Å². The Labute approximate surface area is 166 Å². The molecule has 1 aliphatic rings. The molecular formula is C22H20F3N3O. The van der Waals surface area contributed by atoms with Crippen LogP contribution in [0.1, 0.15) is 33.5 Å². The number of nitrogens with zero attached hydrogens (tertiary/aromatic N) is 2. The fourth-order valence-electron chi connectivity index (χ4n) is 3.75. The fraction of sp³-hybridized carbons (Fsp3) is 0.273. The van der Waals surface area contributed by atoms with Crippen LogP contribution < -0.4 is 0 Å². The summed E-state index contributed by atoms with van der Waals surface area (Å²) in [6.07, 6.45) is 0.529. The van der Waals surface area contributed by atoms with Crippen molar-refractivity contribution in [2.75, 3.05) is 6.54 Å². The minimum atomic E-state index is -4.32. The Morgan fingerprint density at radius 3 is 2.62 bits per heavy atom. The summed E-state index contributed by atoms with van der Waals surface area (Å²) in [4.78, 5) is 21.3. The van der Waals surface area contributed by atoms with Crippen LogP contribution in [0, 0.1) is 0 Å². The van der Waals surface area contributed by atoms with E-state index in [9.17, 15) is 18.0 Å². The molecule has 29 heavy (non-hydrogen) atoms.